The van der Waals surface area contributed by atoms with E-state index in [0.29, 0.717) is 0 Å². The molecule has 0 bridgehead atoms. The van der Waals surface area contributed by atoms with Gasteiger partial charge in [-0.3, -0.25) is 4.21 Å². The maximum absolute atomic E-state index is 9.53. The van der Waals surface area contributed by atoms with Gasteiger partial charge in [0.25, 0.3) is 0 Å². The van der Waals surface area contributed by atoms with E-state index in [9.17, 15) is 8.76 Å². The van der Waals surface area contributed by atoms with E-state index in [1.807, 2.05) is 0 Å². The maximum Gasteiger partial charge on any atom is 1.00 e. The van der Waals surface area contributed by atoms with Crippen LogP contribution in [0.1, 0.15) is 1.43 Å². The standard InChI is InChI=1S/C3H6O2S.Li.H/c1-2-3-6(4)5;;/h2H,1,3H2,(H,4,5);;/q;+1;-1/p-1. The molecule has 0 rings (SSSR count). The first kappa shape index (κ1) is 10.4. The molecule has 0 fully saturated rings. The Balaban J connectivity index is -0.000000125. The Bertz CT molecular complexity index is 77.7. The monoisotopic (exact) mass is 113 g/mol. The predicted octanol–water partition coefficient (Wildman–Crippen LogP) is -2.83. The quantitative estimate of drug-likeness (QED) is 0.220. The minimum atomic E-state index is -1.93. The minimum Gasteiger partial charge on any atom is -1.00 e. The van der Waals surface area contributed by atoms with Crippen LogP contribution in [-0.2, 0) is 11.1 Å². The van der Waals surface area contributed by atoms with Gasteiger partial charge in [0, 0.05) is 5.75 Å². The van der Waals surface area contributed by atoms with Crippen LogP contribution in [-0.4, -0.2) is 14.5 Å². The maximum atomic E-state index is 9.53. The van der Waals surface area contributed by atoms with Crippen LogP contribution >= 0.6 is 0 Å². The Labute approximate surface area is 58.9 Å². The summed E-state index contributed by atoms with van der Waals surface area (Å²) in [5.74, 6) is 0.0556. The molecule has 0 amide bonds. The Kier molecular flexibility index (Phi) is 9.61. The van der Waals surface area contributed by atoms with Gasteiger partial charge in [0.2, 0.25) is 0 Å². The van der Waals surface area contributed by atoms with Crippen molar-refractivity contribution in [3.05, 3.63) is 12.7 Å². The Morgan fingerprint density at radius 3 is 2.43 bits per heavy atom. The first-order valence-electron chi connectivity index (χ1n) is 1.44. The largest absolute Gasteiger partial charge is 1.00 e. The average Bonchev–Trinajstić information content (AvgIpc) is 1.35. The molecule has 0 aliphatic heterocycles. The molecule has 0 saturated carbocycles. The van der Waals surface area contributed by atoms with Crippen molar-refractivity contribution in [1.82, 2.24) is 0 Å². The van der Waals surface area contributed by atoms with Crippen LogP contribution in [0.2, 0.25) is 0 Å². The van der Waals surface area contributed by atoms with Gasteiger partial charge < -0.3 is 5.98 Å². The van der Waals surface area contributed by atoms with Crippen molar-refractivity contribution in [2.45, 2.75) is 0 Å². The third-order valence-corrected chi connectivity index (χ3v) is 0.762. The summed E-state index contributed by atoms with van der Waals surface area (Å²) in [5.41, 5.74) is 0. The molecule has 0 N–H and O–H groups in total. The zero-order valence-electron chi connectivity index (χ0n) is 5.22. The van der Waals surface area contributed by atoms with Crippen molar-refractivity contribution >= 4 is 11.1 Å². The fraction of sp³-hybridized carbons (Fsp3) is 0.333. The van der Waals surface area contributed by atoms with Gasteiger partial charge >= 0.3 is 18.9 Å². The third-order valence-electron chi connectivity index (χ3n) is 0.254. The van der Waals surface area contributed by atoms with E-state index >= 15 is 0 Å². The molecule has 38 valence electrons. The van der Waals surface area contributed by atoms with Gasteiger partial charge in [-0.2, -0.15) is 0 Å². The second-order valence-corrected chi connectivity index (χ2v) is 1.70. The molecule has 0 aromatic heterocycles. The van der Waals surface area contributed by atoms with Gasteiger partial charge in [-0.15, -0.1) is 6.58 Å². The number of rotatable bonds is 2. The summed E-state index contributed by atoms with van der Waals surface area (Å²) in [7, 11) is 0. The van der Waals surface area contributed by atoms with E-state index in [-0.39, 0.29) is 26.0 Å². The van der Waals surface area contributed by atoms with Crippen LogP contribution in [0.4, 0.5) is 0 Å². The van der Waals surface area contributed by atoms with E-state index in [0.717, 1.165) is 0 Å². The van der Waals surface area contributed by atoms with Crippen LogP contribution in [0.25, 0.3) is 0 Å². The fourth-order valence-corrected chi connectivity index (χ4v) is 0.289. The first-order valence-corrected chi connectivity index (χ1v) is 2.68. The zero-order chi connectivity index (χ0) is 4.99. The van der Waals surface area contributed by atoms with E-state index in [1.54, 1.807) is 0 Å². The van der Waals surface area contributed by atoms with Crippen LogP contribution in [0, 0.1) is 0 Å². The molecule has 0 aromatic rings. The summed E-state index contributed by atoms with van der Waals surface area (Å²) in [6, 6.07) is 0. The fourth-order valence-electron chi connectivity index (χ4n) is 0.0962. The van der Waals surface area contributed by atoms with Crippen LogP contribution in [0.3, 0.4) is 0 Å². The molecular formula is C3H6LiO2S-. The van der Waals surface area contributed by atoms with E-state index in [1.165, 1.54) is 6.08 Å². The van der Waals surface area contributed by atoms with E-state index in [2.05, 4.69) is 6.58 Å². The van der Waals surface area contributed by atoms with Crippen LogP contribution in [0.15, 0.2) is 12.7 Å². The Morgan fingerprint density at radius 2 is 2.43 bits per heavy atom. The summed E-state index contributed by atoms with van der Waals surface area (Å²) in [6.07, 6.45) is 1.34. The molecule has 0 aliphatic carbocycles. The summed E-state index contributed by atoms with van der Waals surface area (Å²) in [6.45, 7) is 3.21. The number of hydrogen-bond acceptors (Lipinski definition) is 2. The smallest absolute Gasteiger partial charge is 1.00 e. The normalized spacial score (nSPS) is 11.6. The molecule has 0 aliphatic rings. The minimum absolute atomic E-state index is 0. The van der Waals surface area contributed by atoms with Gasteiger partial charge in [0.1, 0.15) is 0 Å². The SMILES string of the molecule is C=CCS(=O)[O-].[H-].[Li+]. The summed E-state index contributed by atoms with van der Waals surface area (Å²) in [5, 5.41) is 0. The topological polar surface area (TPSA) is 40.1 Å². The van der Waals surface area contributed by atoms with Crippen molar-refractivity contribution in [2.24, 2.45) is 0 Å². The van der Waals surface area contributed by atoms with Crippen LogP contribution in [0.5, 0.6) is 0 Å². The number of hydrogen-bond donors (Lipinski definition) is 0. The van der Waals surface area contributed by atoms with Crippen molar-refractivity contribution in [2.75, 3.05) is 5.75 Å². The van der Waals surface area contributed by atoms with Gasteiger partial charge in [-0.1, -0.05) is 17.2 Å². The molecule has 0 saturated heterocycles. The summed E-state index contributed by atoms with van der Waals surface area (Å²) in [4.78, 5) is 0. The third kappa shape index (κ3) is 10.7. The molecule has 0 heterocycles. The van der Waals surface area contributed by atoms with Gasteiger partial charge in [-0.25, -0.2) is 0 Å². The Hall–Kier alpha value is 0.447. The second kappa shape index (κ2) is 6.45. The van der Waals surface area contributed by atoms with Crippen molar-refractivity contribution in [3.8, 4) is 0 Å². The average molecular weight is 113 g/mol. The first-order chi connectivity index (χ1) is 2.77. The second-order valence-electron chi connectivity index (χ2n) is 0.759. The zero-order valence-corrected chi connectivity index (χ0v) is 5.03. The van der Waals surface area contributed by atoms with Gasteiger partial charge in [-0.05, 0) is 0 Å². The van der Waals surface area contributed by atoms with Crippen molar-refractivity contribution in [1.29, 1.82) is 0 Å². The molecule has 1 unspecified atom stereocenters. The summed E-state index contributed by atoms with van der Waals surface area (Å²) < 4.78 is 19.1. The van der Waals surface area contributed by atoms with Crippen molar-refractivity contribution < 1.29 is 29.0 Å². The van der Waals surface area contributed by atoms with Crippen molar-refractivity contribution in [3.63, 3.8) is 0 Å². The molecule has 4 heteroatoms. The summed E-state index contributed by atoms with van der Waals surface area (Å²) >= 11 is -1.93. The Morgan fingerprint density at radius 1 is 2.00 bits per heavy atom. The van der Waals surface area contributed by atoms with Gasteiger partial charge in [0.15, 0.2) is 0 Å². The van der Waals surface area contributed by atoms with Crippen LogP contribution < -0.4 is 18.9 Å². The molecule has 0 radical (unpaired) electrons. The molecule has 7 heavy (non-hydrogen) atoms. The van der Waals surface area contributed by atoms with E-state index < -0.39 is 11.1 Å². The molecule has 1 atom stereocenters. The predicted molar refractivity (Wildman–Crippen MR) is 25.1 cm³/mol. The molecular weight excluding hydrogens is 107 g/mol. The van der Waals surface area contributed by atoms with E-state index in [4.69, 9.17) is 0 Å². The van der Waals surface area contributed by atoms with Gasteiger partial charge in [0.05, 0.1) is 0 Å². The molecule has 0 aromatic carbocycles. The molecule has 2 nitrogen and oxygen atoms in total. The molecule has 0 spiro atoms.